The van der Waals surface area contributed by atoms with Crippen molar-refractivity contribution in [2.45, 2.75) is 37.0 Å². The Kier molecular flexibility index (Phi) is 7.10. The molecule has 0 aromatic heterocycles. The van der Waals surface area contributed by atoms with E-state index >= 15 is 0 Å². The van der Waals surface area contributed by atoms with Gasteiger partial charge in [0.15, 0.2) is 9.84 Å². The van der Waals surface area contributed by atoms with E-state index in [2.05, 4.69) is 10.0 Å². The van der Waals surface area contributed by atoms with E-state index in [-0.39, 0.29) is 10.6 Å². The average molecular weight is 459 g/mol. The quantitative estimate of drug-likeness (QED) is 0.662. The number of hydrogen-bond donors (Lipinski definition) is 2. The first-order valence-electron chi connectivity index (χ1n) is 8.65. The molecule has 2 aromatic carbocycles. The predicted octanol–water partition coefficient (Wildman–Crippen LogP) is 2.97. The number of anilines is 1. The maximum absolute atomic E-state index is 12.3. The van der Waals surface area contributed by atoms with Gasteiger partial charge in [0.25, 0.3) is 0 Å². The van der Waals surface area contributed by atoms with Gasteiger partial charge in [0, 0.05) is 16.2 Å². The van der Waals surface area contributed by atoms with Crippen molar-refractivity contribution in [1.29, 1.82) is 0 Å². The Morgan fingerprint density at radius 2 is 1.48 bits per heavy atom. The molecule has 29 heavy (non-hydrogen) atoms. The summed E-state index contributed by atoms with van der Waals surface area (Å²) in [6, 6.07) is 11.8. The van der Waals surface area contributed by atoms with Gasteiger partial charge in [-0.05, 0) is 62.7 Å². The van der Waals surface area contributed by atoms with Gasteiger partial charge in [0.05, 0.1) is 10.6 Å². The summed E-state index contributed by atoms with van der Waals surface area (Å²) in [5.74, 6) is -1.68. The molecule has 2 N–H and O–H groups in total. The lowest BCUT2D eigenvalue weighted by Crippen LogP contribution is -2.40. The molecule has 0 spiro atoms. The van der Waals surface area contributed by atoms with E-state index in [9.17, 15) is 21.6 Å². The highest BCUT2D eigenvalue weighted by Gasteiger charge is 2.22. The lowest BCUT2D eigenvalue weighted by molar-refractivity contribution is -0.113. The molecule has 0 heterocycles. The minimum Gasteiger partial charge on any atom is -0.325 e. The fourth-order valence-corrected chi connectivity index (χ4v) is 5.28. The molecule has 158 valence electrons. The second-order valence-corrected chi connectivity index (χ2v) is 11.8. The first-order valence-corrected chi connectivity index (χ1v) is 12.3. The van der Waals surface area contributed by atoms with Crippen LogP contribution in [0.25, 0.3) is 0 Å². The maximum Gasteiger partial charge on any atom is 0.241 e. The molecule has 0 aliphatic carbocycles. The monoisotopic (exact) mass is 458 g/mol. The number of amides is 1. The van der Waals surface area contributed by atoms with Gasteiger partial charge in [-0.2, -0.15) is 0 Å². The number of carbonyl (C=O) groups excluding carboxylic acids is 1. The molecule has 0 saturated heterocycles. The van der Waals surface area contributed by atoms with Gasteiger partial charge in [-0.15, -0.1) is 0 Å². The number of benzene rings is 2. The van der Waals surface area contributed by atoms with Crippen molar-refractivity contribution in [1.82, 2.24) is 4.72 Å². The van der Waals surface area contributed by atoms with Crippen LogP contribution >= 0.6 is 11.6 Å². The summed E-state index contributed by atoms with van der Waals surface area (Å²) < 4.78 is 51.5. The average Bonchev–Trinajstić information content (AvgIpc) is 2.54. The van der Waals surface area contributed by atoms with Gasteiger partial charge in [-0.3, -0.25) is 4.79 Å². The zero-order valence-corrected chi connectivity index (χ0v) is 18.7. The van der Waals surface area contributed by atoms with Gasteiger partial charge >= 0.3 is 0 Å². The predicted molar refractivity (Wildman–Crippen MR) is 114 cm³/mol. The van der Waals surface area contributed by atoms with Crippen LogP contribution in [0.2, 0.25) is 5.02 Å². The smallest absolute Gasteiger partial charge is 0.241 e. The highest BCUT2D eigenvalue weighted by atomic mass is 35.5. The Hall–Kier alpha value is -1.94. The normalized spacial score (nSPS) is 12.6. The second kappa shape index (κ2) is 8.83. The van der Waals surface area contributed by atoms with Crippen molar-refractivity contribution in [3.05, 3.63) is 59.1 Å². The van der Waals surface area contributed by atoms with Crippen molar-refractivity contribution >= 4 is 43.1 Å². The van der Waals surface area contributed by atoms with Crippen LogP contribution in [0.15, 0.2) is 53.4 Å². The molecule has 10 heteroatoms. The molecule has 0 bridgehead atoms. The number of sulfonamides is 1. The summed E-state index contributed by atoms with van der Waals surface area (Å²) in [5.41, 5.74) is 0.193. The van der Waals surface area contributed by atoms with Crippen LogP contribution in [0.5, 0.6) is 0 Å². The summed E-state index contributed by atoms with van der Waals surface area (Å²) in [4.78, 5) is 12.1. The summed E-state index contributed by atoms with van der Waals surface area (Å²) in [7, 11) is -7.38. The molecule has 1 amide bonds. The molecule has 0 aliphatic heterocycles. The summed E-state index contributed by atoms with van der Waals surface area (Å²) >= 11 is 5.77. The standard InChI is InChI=1S/C19H23ClN2O5S2/c1-19(2,3)22-29(26,27)17-10-8-16(9-11-17)21-18(23)13-28(24,25)12-14-4-6-15(20)7-5-14/h4-11,22H,12-13H2,1-3H3,(H,21,23). The van der Waals surface area contributed by atoms with E-state index in [1.54, 1.807) is 45.0 Å². The van der Waals surface area contributed by atoms with Gasteiger partial charge in [-0.25, -0.2) is 21.6 Å². The van der Waals surface area contributed by atoms with Crippen LogP contribution in [-0.4, -0.2) is 34.0 Å². The van der Waals surface area contributed by atoms with E-state index in [0.717, 1.165) is 0 Å². The lowest BCUT2D eigenvalue weighted by Gasteiger charge is -2.20. The van der Waals surface area contributed by atoms with Gasteiger partial charge in [-0.1, -0.05) is 23.7 Å². The highest BCUT2D eigenvalue weighted by molar-refractivity contribution is 7.91. The minimum absolute atomic E-state index is 0.0424. The Morgan fingerprint density at radius 3 is 2.00 bits per heavy atom. The molecule has 0 fully saturated rings. The lowest BCUT2D eigenvalue weighted by atomic mass is 10.1. The highest BCUT2D eigenvalue weighted by Crippen LogP contribution is 2.17. The number of nitrogens with one attached hydrogen (secondary N) is 2. The van der Waals surface area contributed by atoms with Crippen LogP contribution < -0.4 is 10.0 Å². The van der Waals surface area contributed by atoms with E-state index in [1.165, 1.54) is 24.3 Å². The van der Waals surface area contributed by atoms with Gasteiger partial charge in [0.1, 0.15) is 5.75 Å². The van der Waals surface area contributed by atoms with Crippen LogP contribution in [0, 0.1) is 0 Å². The molecule has 7 nitrogen and oxygen atoms in total. The summed E-state index contributed by atoms with van der Waals surface area (Å²) in [5, 5.41) is 2.96. The third-order valence-corrected chi connectivity index (χ3v) is 7.04. The number of sulfone groups is 1. The van der Waals surface area contributed by atoms with Crippen molar-refractivity contribution < 1.29 is 21.6 Å². The third kappa shape index (κ3) is 7.77. The topological polar surface area (TPSA) is 109 Å². The van der Waals surface area contributed by atoms with Gasteiger partial charge < -0.3 is 5.32 Å². The molecule has 0 aliphatic rings. The SMILES string of the molecule is CC(C)(C)NS(=O)(=O)c1ccc(NC(=O)CS(=O)(=O)Cc2ccc(Cl)cc2)cc1. The Balaban J connectivity index is 2.01. The van der Waals surface area contributed by atoms with Crippen molar-refractivity contribution in [3.8, 4) is 0 Å². The Bertz CT molecular complexity index is 1070. The van der Waals surface area contributed by atoms with E-state index in [4.69, 9.17) is 11.6 Å². The molecular formula is C19H23ClN2O5S2. The molecule has 2 rings (SSSR count). The number of carbonyl (C=O) groups is 1. The van der Waals surface area contributed by atoms with Crippen molar-refractivity contribution in [2.24, 2.45) is 0 Å². The molecule has 2 aromatic rings. The molecule has 0 radical (unpaired) electrons. The minimum atomic E-state index is -3.70. The van der Waals surface area contributed by atoms with Crippen LogP contribution in [0.1, 0.15) is 26.3 Å². The van der Waals surface area contributed by atoms with Crippen molar-refractivity contribution in [3.63, 3.8) is 0 Å². The molecule has 0 unspecified atom stereocenters. The molecule has 0 atom stereocenters. The maximum atomic E-state index is 12.3. The molecular weight excluding hydrogens is 436 g/mol. The fraction of sp³-hybridized carbons (Fsp3) is 0.316. The van der Waals surface area contributed by atoms with Crippen LogP contribution in [0.3, 0.4) is 0 Å². The summed E-state index contributed by atoms with van der Waals surface area (Å²) in [6.45, 7) is 5.18. The molecule has 0 saturated carbocycles. The zero-order valence-electron chi connectivity index (χ0n) is 16.3. The van der Waals surface area contributed by atoms with Crippen LogP contribution in [0.4, 0.5) is 5.69 Å². The largest absolute Gasteiger partial charge is 0.325 e. The zero-order chi connectivity index (χ0) is 21.9. The van der Waals surface area contributed by atoms with Crippen LogP contribution in [-0.2, 0) is 30.4 Å². The van der Waals surface area contributed by atoms with Crippen molar-refractivity contribution in [2.75, 3.05) is 11.1 Å². The van der Waals surface area contributed by atoms with E-state index < -0.39 is 37.1 Å². The first kappa shape index (κ1) is 23.3. The number of halogens is 1. The summed E-state index contributed by atoms with van der Waals surface area (Å²) in [6.07, 6.45) is 0. The number of rotatable bonds is 7. The second-order valence-electron chi connectivity index (χ2n) is 7.59. The third-order valence-electron chi connectivity index (χ3n) is 3.54. The fourth-order valence-electron chi connectivity index (χ4n) is 2.46. The first-order chi connectivity index (χ1) is 13.3. The van der Waals surface area contributed by atoms with E-state index in [0.29, 0.717) is 16.3 Å². The Morgan fingerprint density at radius 1 is 0.931 bits per heavy atom. The van der Waals surface area contributed by atoms with E-state index in [1.807, 2.05) is 0 Å². The van der Waals surface area contributed by atoms with Gasteiger partial charge in [0.2, 0.25) is 15.9 Å². The Labute approximate surface area is 176 Å². The number of hydrogen-bond acceptors (Lipinski definition) is 5.